The van der Waals surface area contributed by atoms with Gasteiger partial charge < -0.3 is 34.1 Å². The molecule has 0 atom stereocenters. The number of furan rings is 2. The molecule has 0 fully saturated rings. The maximum absolute atomic E-state index is 9.86. The molecule has 0 aliphatic rings. The third kappa shape index (κ3) is 6.45. The van der Waals surface area contributed by atoms with Crippen LogP contribution in [0.25, 0.3) is 0 Å². The van der Waals surface area contributed by atoms with Crippen LogP contribution in [0.15, 0.2) is 45.6 Å². The third-order valence-electron chi connectivity index (χ3n) is 1.44. The number of hydrogen-bond acceptors (Lipinski definition) is 6. The van der Waals surface area contributed by atoms with Gasteiger partial charge in [-0.3, -0.25) is 0 Å². The number of rotatable bonds is 2. The molecule has 8 heteroatoms. The number of carbonyl (C=O) groups excluding carboxylic acids is 2. The summed E-state index contributed by atoms with van der Waals surface area (Å²) in [5, 5.41) is 19.7. The Hall–Kier alpha value is -1.28. The first kappa shape index (κ1) is 19.1. The maximum Gasteiger partial charge on any atom is 2.00 e. The fourth-order valence-corrected chi connectivity index (χ4v) is 0.789. The summed E-state index contributed by atoms with van der Waals surface area (Å²) in [4.78, 5) is 19.7. The number of carbonyl (C=O) groups is 2. The Morgan fingerprint density at radius 3 is 1.33 bits per heavy atom. The van der Waals surface area contributed by atoms with Crippen LogP contribution in [0.5, 0.6) is 0 Å². The summed E-state index contributed by atoms with van der Waals surface area (Å²) >= 11 is 0. The fraction of sp³-hybridized carbons (Fsp3) is 0. The van der Waals surface area contributed by atoms with E-state index in [1.54, 1.807) is 0 Å². The minimum atomic E-state index is -1.28. The zero-order valence-corrected chi connectivity index (χ0v) is 11.3. The van der Waals surface area contributed by atoms with Gasteiger partial charge in [0.05, 0.1) is 12.5 Å². The molecule has 0 spiro atoms. The molecule has 92 valence electrons. The van der Waals surface area contributed by atoms with Crippen LogP contribution in [0.2, 0.25) is 0 Å². The number of carboxylic acid groups (broad SMARTS) is 2. The van der Waals surface area contributed by atoms with Crippen LogP contribution in [-0.2, 0) is 0 Å². The van der Waals surface area contributed by atoms with Gasteiger partial charge in [-0.25, -0.2) is 0 Å². The molecule has 2 rings (SSSR count). The number of hydrogen-bond donors (Lipinski definition) is 0. The Kier molecular flexibility index (Phi) is 10.3. The normalized spacial score (nSPS) is 8.00. The second-order valence-electron chi connectivity index (χ2n) is 2.53. The second kappa shape index (κ2) is 9.72. The van der Waals surface area contributed by atoms with Gasteiger partial charge in [0, 0.05) is 0 Å². The van der Waals surface area contributed by atoms with Gasteiger partial charge in [-0.15, -0.1) is 0 Å². The summed E-state index contributed by atoms with van der Waals surface area (Å²) in [7, 11) is 0. The Morgan fingerprint density at radius 1 is 0.889 bits per heavy atom. The van der Waals surface area contributed by atoms with Crippen molar-refractivity contribution in [1.29, 1.82) is 0 Å². The van der Waals surface area contributed by atoms with E-state index in [1.807, 2.05) is 0 Å². The first-order valence-electron chi connectivity index (χ1n) is 4.11. The van der Waals surface area contributed by atoms with Crippen LogP contribution in [0.1, 0.15) is 21.1 Å². The van der Waals surface area contributed by atoms with E-state index < -0.39 is 11.9 Å². The predicted molar refractivity (Wildman–Crippen MR) is 55.4 cm³/mol. The van der Waals surface area contributed by atoms with Crippen LogP contribution >= 0.6 is 0 Å². The van der Waals surface area contributed by atoms with E-state index in [2.05, 4.69) is 8.83 Å². The average Bonchev–Trinajstić information content (AvgIpc) is 2.93. The van der Waals surface area contributed by atoms with Gasteiger partial charge in [0.15, 0.2) is 0 Å². The van der Waals surface area contributed by atoms with Gasteiger partial charge >= 0.3 is 37.7 Å². The predicted octanol–water partition coefficient (Wildman–Crippen LogP) is -1.92. The zero-order valence-electron chi connectivity index (χ0n) is 9.12. The summed E-state index contributed by atoms with van der Waals surface area (Å²) in [6.45, 7) is 0. The van der Waals surface area contributed by atoms with Crippen molar-refractivity contribution < 1.29 is 34.1 Å². The molecule has 0 unspecified atom stereocenters. The molecule has 7 nitrogen and oxygen atoms in total. The molecule has 0 saturated heterocycles. The second-order valence-corrected chi connectivity index (χ2v) is 2.53. The fourth-order valence-electron chi connectivity index (χ4n) is 0.789. The Bertz CT molecular complexity index is 402. The van der Waals surface area contributed by atoms with E-state index in [0.29, 0.717) is 0 Å². The molecule has 18 heavy (non-hydrogen) atoms. The molecular weight excluding hydrogens is 272 g/mol. The molecule has 0 saturated carbocycles. The molecule has 2 N–H and O–H groups in total. The van der Waals surface area contributed by atoms with E-state index in [0.717, 1.165) is 0 Å². The topological polar surface area (TPSA) is 138 Å². The monoisotopic (exact) mass is 280 g/mol. The largest absolute Gasteiger partial charge is 2.00 e. The van der Waals surface area contributed by atoms with Gasteiger partial charge in [0.1, 0.15) is 23.5 Å². The van der Waals surface area contributed by atoms with Crippen molar-refractivity contribution in [1.82, 2.24) is 0 Å². The first-order chi connectivity index (χ1) is 7.61. The van der Waals surface area contributed by atoms with Crippen LogP contribution in [0.4, 0.5) is 0 Å². The van der Waals surface area contributed by atoms with E-state index in [9.17, 15) is 19.8 Å². The molecule has 0 amide bonds. The van der Waals surface area contributed by atoms with Gasteiger partial charge in [-0.1, -0.05) is 0 Å². The van der Waals surface area contributed by atoms with Crippen molar-refractivity contribution in [3.63, 3.8) is 0 Å². The van der Waals surface area contributed by atoms with Crippen LogP contribution in [-0.4, -0.2) is 55.2 Å². The molecule has 2 aromatic heterocycles. The van der Waals surface area contributed by atoms with E-state index in [4.69, 9.17) is 0 Å². The summed E-state index contributed by atoms with van der Waals surface area (Å²) in [5.41, 5.74) is 0. The van der Waals surface area contributed by atoms with Crippen LogP contribution < -0.4 is 10.2 Å². The van der Waals surface area contributed by atoms with Gasteiger partial charge in [-0.05, 0) is 24.3 Å². The number of carboxylic acids is 2. The van der Waals surface area contributed by atoms with E-state index >= 15 is 0 Å². The van der Waals surface area contributed by atoms with Gasteiger partial charge in [0.25, 0.3) is 0 Å². The standard InChI is InChI=1S/2C5H4O3.Ca.H2O/c2*6-5(7)4-2-1-3-8-4;;/h2*1-3H,(H,6,7);;1H2/q;;+2;/p-2. The molecular formula is C10H8CaO7. The van der Waals surface area contributed by atoms with Crippen molar-refractivity contribution in [3.05, 3.63) is 48.3 Å². The van der Waals surface area contributed by atoms with Crippen molar-refractivity contribution in [3.8, 4) is 0 Å². The SMILES string of the molecule is O.O=C([O-])c1ccco1.O=C([O-])c1ccco1.[Ca+2]. The zero-order chi connectivity index (χ0) is 12.0. The quantitative estimate of drug-likeness (QED) is 0.588. The minimum absolute atomic E-state index is 0. The van der Waals surface area contributed by atoms with Crippen molar-refractivity contribution in [2.75, 3.05) is 0 Å². The van der Waals surface area contributed by atoms with Gasteiger partial charge in [-0.2, -0.15) is 0 Å². The first-order valence-corrected chi connectivity index (χ1v) is 4.11. The molecule has 0 radical (unpaired) electrons. The van der Waals surface area contributed by atoms with E-state index in [-0.39, 0.29) is 54.7 Å². The number of aromatic carboxylic acids is 2. The molecule has 2 aromatic rings. The molecule has 0 aromatic carbocycles. The minimum Gasteiger partial charge on any atom is -0.542 e. The van der Waals surface area contributed by atoms with Crippen molar-refractivity contribution in [2.24, 2.45) is 0 Å². The Balaban J connectivity index is 0. The average molecular weight is 280 g/mol. The van der Waals surface area contributed by atoms with Crippen molar-refractivity contribution in [2.45, 2.75) is 0 Å². The maximum atomic E-state index is 9.86. The molecule has 0 aliphatic carbocycles. The van der Waals surface area contributed by atoms with Crippen molar-refractivity contribution >= 4 is 49.7 Å². The van der Waals surface area contributed by atoms with Gasteiger partial charge in [0.2, 0.25) is 0 Å². The third-order valence-corrected chi connectivity index (χ3v) is 1.44. The summed E-state index contributed by atoms with van der Waals surface area (Å²) < 4.78 is 8.87. The summed E-state index contributed by atoms with van der Waals surface area (Å²) in [5.74, 6) is -2.83. The van der Waals surface area contributed by atoms with E-state index in [1.165, 1.54) is 36.8 Å². The molecule has 0 bridgehead atoms. The molecule has 0 aliphatic heterocycles. The Labute approximate surface area is 131 Å². The Morgan fingerprint density at radius 2 is 1.22 bits per heavy atom. The smallest absolute Gasteiger partial charge is 0.542 e. The molecule has 2 heterocycles. The summed E-state index contributed by atoms with van der Waals surface area (Å²) in [6.07, 6.45) is 2.57. The van der Waals surface area contributed by atoms with Crippen LogP contribution in [0, 0.1) is 0 Å². The summed E-state index contributed by atoms with van der Waals surface area (Å²) in [6, 6.07) is 5.64. The van der Waals surface area contributed by atoms with Crippen LogP contribution in [0.3, 0.4) is 0 Å².